The molecule has 1 aliphatic carbocycles. The van der Waals surface area contributed by atoms with Gasteiger partial charge >= 0.3 is 0 Å². The van der Waals surface area contributed by atoms with Crippen LogP contribution in [0.1, 0.15) is 65.2 Å². The number of aliphatic hydroxyl groups is 1. The van der Waals surface area contributed by atoms with Crippen LogP contribution in [0.4, 0.5) is 0 Å². The van der Waals surface area contributed by atoms with Crippen molar-refractivity contribution in [1.82, 2.24) is 5.32 Å². The lowest BCUT2D eigenvalue weighted by Gasteiger charge is -2.27. The van der Waals surface area contributed by atoms with E-state index >= 15 is 0 Å². The molecule has 1 rings (SSSR count). The summed E-state index contributed by atoms with van der Waals surface area (Å²) in [6.45, 7) is 4.14. The first kappa shape index (κ1) is 16.4. The smallest absolute Gasteiger partial charge is 0.239 e. The molecule has 112 valence electrons. The molecule has 4 nitrogen and oxygen atoms in total. The van der Waals surface area contributed by atoms with Crippen LogP contribution in [0.3, 0.4) is 0 Å². The van der Waals surface area contributed by atoms with E-state index in [2.05, 4.69) is 5.32 Å². The van der Waals surface area contributed by atoms with Gasteiger partial charge in [-0.1, -0.05) is 32.1 Å². The first-order valence-corrected chi connectivity index (χ1v) is 7.71. The number of amides is 1. The number of nitrogens with two attached hydrogens (primary N) is 1. The Hall–Kier alpha value is -0.610. The minimum Gasteiger partial charge on any atom is -0.393 e. The number of carbonyl (C=O) groups is 1. The normalized spacial score (nSPS) is 21.7. The monoisotopic (exact) mass is 270 g/mol. The maximum absolute atomic E-state index is 11.8. The standard InChI is InChI=1S/C15H30N2O2/c1-3-17-14(19)15(2,16)11-13(18)10-9-12-7-5-4-6-8-12/h12-13,18H,3-11,16H2,1-2H3,(H,17,19). The van der Waals surface area contributed by atoms with E-state index in [1.54, 1.807) is 6.92 Å². The molecule has 19 heavy (non-hydrogen) atoms. The highest BCUT2D eigenvalue weighted by atomic mass is 16.3. The maximum Gasteiger partial charge on any atom is 0.239 e. The van der Waals surface area contributed by atoms with Gasteiger partial charge in [-0.3, -0.25) is 4.79 Å². The van der Waals surface area contributed by atoms with Gasteiger partial charge in [0.25, 0.3) is 0 Å². The SMILES string of the molecule is CCNC(=O)C(C)(N)CC(O)CCC1CCCCC1. The van der Waals surface area contributed by atoms with Gasteiger partial charge in [-0.15, -0.1) is 0 Å². The average molecular weight is 270 g/mol. The Morgan fingerprint density at radius 1 is 1.42 bits per heavy atom. The van der Waals surface area contributed by atoms with Crippen molar-refractivity contribution in [1.29, 1.82) is 0 Å². The van der Waals surface area contributed by atoms with E-state index in [-0.39, 0.29) is 5.91 Å². The molecule has 0 saturated heterocycles. The summed E-state index contributed by atoms with van der Waals surface area (Å²) < 4.78 is 0. The number of likely N-dealkylation sites (N-methyl/N-ethyl adjacent to an activating group) is 1. The molecule has 0 aromatic rings. The van der Waals surface area contributed by atoms with Crippen LogP contribution in [0.25, 0.3) is 0 Å². The van der Waals surface area contributed by atoms with Gasteiger partial charge in [-0.05, 0) is 39.0 Å². The first-order chi connectivity index (χ1) is 8.95. The Morgan fingerprint density at radius 3 is 2.63 bits per heavy atom. The molecule has 2 unspecified atom stereocenters. The second kappa shape index (κ2) is 7.85. The second-order valence-corrected chi connectivity index (χ2v) is 6.22. The Bertz CT molecular complexity index is 273. The summed E-state index contributed by atoms with van der Waals surface area (Å²) in [5, 5.41) is 12.8. The summed E-state index contributed by atoms with van der Waals surface area (Å²) in [6.07, 6.45) is 8.29. The fourth-order valence-electron chi connectivity index (χ4n) is 2.95. The number of hydrogen-bond donors (Lipinski definition) is 3. The van der Waals surface area contributed by atoms with Crippen molar-refractivity contribution in [2.75, 3.05) is 6.54 Å². The van der Waals surface area contributed by atoms with E-state index in [0.29, 0.717) is 13.0 Å². The van der Waals surface area contributed by atoms with Gasteiger partial charge in [0, 0.05) is 6.54 Å². The lowest BCUT2D eigenvalue weighted by Crippen LogP contribution is -2.53. The molecule has 1 aliphatic rings. The van der Waals surface area contributed by atoms with Crippen LogP contribution in [0, 0.1) is 5.92 Å². The molecule has 2 atom stereocenters. The van der Waals surface area contributed by atoms with Crippen LogP contribution in [0.2, 0.25) is 0 Å². The molecular formula is C15H30N2O2. The molecule has 1 amide bonds. The minimum absolute atomic E-state index is 0.174. The Morgan fingerprint density at radius 2 is 2.05 bits per heavy atom. The molecule has 0 heterocycles. The van der Waals surface area contributed by atoms with E-state index in [1.807, 2.05) is 6.92 Å². The molecule has 1 saturated carbocycles. The topological polar surface area (TPSA) is 75.4 Å². The van der Waals surface area contributed by atoms with Crippen molar-refractivity contribution in [3.05, 3.63) is 0 Å². The average Bonchev–Trinajstić information content (AvgIpc) is 2.37. The maximum atomic E-state index is 11.8. The lowest BCUT2D eigenvalue weighted by atomic mass is 9.84. The molecular weight excluding hydrogens is 240 g/mol. The van der Waals surface area contributed by atoms with Gasteiger partial charge in [0.05, 0.1) is 11.6 Å². The number of rotatable bonds is 7. The van der Waals surface area contributed by atoms with E-state index in [4.69, 9.17) is 5.73 Å². The number of carbonyl (C=O) groups excluding carboxylic acids is 1. The third-order valence-corrected chi connectivity index (χ3v) is 4.15. The highest BCUT2D eigenvalue weighted by molar-refractivity contribution is 5.85. The predicted molar refractivity (Wildman–Crippen MR) is 77.7 cm³/mol. The first-order valence-electron chi connectivity index (χ1n) is 7.71. The van der Waals surface area contributed by atoms with Gasteiger partial charge in [-0.25, -0.2) is 0 Å². The quantitative estimate of drug-likeness (QED) is 0.662. The predicted octanol–water partition coefficient (Wildman–Crippen LogP) is 1.95. The Labute approximate surface area is 117 Å². The summed E-state index contributed by atoms with van der Waals surface area (Å²) in [4.78, 5) is 11.8. The van der Waals surface area contributed by atoms with Crippen LogP contribution in [-0.4, -0.2) is 29.2 Å². The van der Waals surface area contributed by atoms with Gasteiger partial charge in [0.2, 0.25) is 5.91 Å². The number of aliphatic hydroxyl groups excluding tert-OH is 1. The van der Waals surface area contributed by atoms with Crippen LogP contribution >= 0.6 is 0 Å². The fraction of sp³-hybridized carbons (Fsp3) is 0.933. The largest absolute Gasteiger partial charge is 0.393 e. The van der Waals surface area contributed by atoms with E-state index in [0.717, 1.165) is 18.8 Å². The van der Waals surface area contributed by atoms with Crippen molar-refractivity contribution in [3.63, 3.8) is 0 Å². The van der Waals surface area contributed by atoms with Gasteiger partial charge in [0.1, 0.15) is 0 Å². The zero-order valence-corrected chi connectivity index (χ0v) is 12.5. The van der Waals surface area contributed by atoms with Crippen LogP contribution in [-0.2, 0) is 4.79 Å². The van der Waals surface area contributed by atoms with Crippen LogP contribution in [0.5, 0.6) is 0 Å². The summed E-state index contributed by atoms with van der Waals surface area (Å²) >= 11 is 0. The van der Waals surface area contributed by atoms with Crippen LogP contribution in [0.15, 0.2) is 0 Å². The molecule has 0 radical (unpaired) electrons. The highest BCUT2D eigenvalue weighted by Gasteiger charge is 2.30. The third-order valence-electron chi connectivity index (χ3n) is 4.15. The summed E-state index contributed by atoms with van der Waals surface area (Å²) in [5.74, 6) is 0.587. The molecule has 1 fully saturated rings. The molecule has 0 aromatic heterocycles. The molecule has 0 aromatic carbocycles. The molecule has 0 bridgehead atoms. The zero-order valence-electron chi connectivity index (χ0n) is 12.5. The summed E-state index contributed by atoms with van der Waals surface area (Å²) in [5.41, 5.74) is 5.01. The Kier molecular flexibility index (Phi) is 6.80. The number of nitrogens with one attached hydrogen (secondary N) is 1. The van der Waals surface area contributed by atoms with Crippen molar-refractivity contribution < 1.29 is 9.90 Å². The number of hydrogen-bond acceptors (Lipinski definition) is 3. The molecule has 4 N–H and O–H groups in total. The fourth-order valence-corrected chi connectivity index (χ4v) is 2.95. The van der Waals surface area contributed by atoms with Gasteiger partial charge in [0.15, 0.2) is 0 Å². The van der Waals surface area contributed by atoms with Crippen molar-refractivity contribution in [2.45, 2.75) is 76.9 Å². The Balaban J connectivity index is 2.28. The van der Waals surface area contributed by atoms with Gasteiger partial charge in [-0.2, -0.15) is 0 Å². The summed E-state index contributed by atoms with van der Waals surface area (Å²) in [7, 11) is 0. The lowest BCUT2D eigenvalue weighted by molar-refractivity contribution is -0.126. The molecule has 4 heteroatoms. The third kappa shape index (κ3) is 5.91. The minimum atomic E-state index is -0.970. The second-order valence-electron chi connectivity index (χ2n) is 6.22. The van der Waals surface area contributed by atoms with E-state index < -0.39 is 11.6 Å². The van der Waals surface area contributed by atoms with Crippen molar-refractivity contribution in [3.8, 4) is 0 Å². The van der Waals surface area contributed by atoms with Crippen molar-refractivity contribution >= 4 is 5.91 Å². The van der Waals surface area contributed by atoms with E-state index in [9.17, 15) is 9.90 Å². The van der Waals surface area contributed by atoms with Gasteiger partial charge < -0.3 is 16.2 Å². The highest BCUT2D eigenvalue weighted by Crippen LogP contribution is 2.28. The zero-order chi connectivity index (χ0) is 14.3. The van der Waals surface area contributed by atoms with Crippen molar-refractivity contribution in [2.24, 2.45) is 11.7 Å². The molecule has 0 spiro atoms. The van der Waals surface area contributed by atoms with Crippen LogP contribution < -0.4 is 11.1 Å². The summed E-state index contributed by atoms with van der Waals surface area (Å²) in [6, 6.07) is 0. The molecule has 0 aliphatic heterocycles. The van der Waals surface area contributed by atoms with E-state index in [1.165, 1.54) is 32.1 Å².